The maximum absolute atomic E-state index is 11.6. The lowest BCUT2D eigenvalue weighted by molar-refractivity contribution is 0.452. The Balaban J connectivity index is 2.11. The molecule has 1 heterocycles. The van der Waals surface area contributed by atoms with Crippen molar-refractivity contribution in [1.82, 2.24) is 5.32 Å². The summed E-state index contributed by atoms with van der Waals surface area (Å²) in [4.78, 5) is 0. The molecule has 5 nitrogen and oxygen atoms in total. The maximum atomic E-state index is 11.6. The molecular weight excluding hydrogens is 288 g/mol. The first kappa shape index (κ1) is 15.3. The highest BCUT2D eigenvalue weighted by Crippen LogP contribution is 2.16. The van der Waals surface area contributed by atoms with Crippen LogP contribution < -0.4 is 5.32 Å². The van der Waals surface area contributed by atoms with E-state index in [2.05, 4.69) is 5.32 Å². The first-order valence-electron chi connectivity index (χ1n) is 6.43. The van der Waals surface area contributed by atoms with E-state index in [9.17, 15) is 8.42 Å². The molecule has 2 rings (SSSR count). The zero-order valence-corrected chi connectivity index (χ0v) is 12.4. The molecule has 0 radical (unpaired) electrons. The van der Waals surface area contributed by atoms with E-state index >= 15 is 0 Å². The Bertz CT molecular complexity index is 730. The minimum absolute atomic E-state index is 0.00281. The van der Waals surface area contributed by atoms with Crippen LogP contribution in [0.25, 0.3) is 0 Å². The van der Waals surface area contributed by atoms with Crippen LogP contribution >= 0.6 is 0 Å². The molecule has 110 valence electrons. The van der Waals surface area contributed by atoms with Crippen molar-refractivity contribution < 1.29 is 12.8 Å². The second kappa shape index (κ2) is 6.57. The van der Waals surface area contributed by atoms with Gasteiger partial charge in [-0.05, 0) is 17.7 Å². The molecule has 2 aromatic rings. The van der Waals surface area contributed by atoms with Gasteiger partial charge in [-0.1, -0.05) is 30.3 Å². The van der Waals surface area contributed by atoms with Crippen molar-refractivity contribution >= 4 is 9.84 Å². The SMILES string of the molecule is CS(=O)(=O)C[C@@H](NCc1ccc(C#N)o1)c1ccccc1. The molecule has 1 atom stereocenters. The van der Waals surface area contributed by atoms with Crippen LogP contribution in [0.5, 0.6) is 0 Å². The molecule has 21 heavy (non-hydrogen) atoms. The van der Waals surface area contributed by atoms with Gasteiger partial charge in [-0.2, -0.15) is 5.26 Å². The smallest absolute Gasteiger partial charge is 0.203 e. The maximum Gasteiger partial charge on any atom is 0.203 e. The van der Waals surface area contributed by atoms with Crippen LogP contribution in [-0.4, -0.2) is 20.4 Å². The molecule has 6 heteroatoms. The van der Waals surface area contributed by atoms with Gasteiger partial charge >= 0.3 is 0 Å². The fraction of sp³-hybridized carbons (Fsp3) is 0.267. The predicted octanol–water partition coefficient (Wildman–Crippen LogP) is 2.03. The molecule has 0 saturated heterocycles. The standard InChI is InChI=1S/C15H16N2O3S/c1-21(18,19)11-15(12-5-3-2-4-6-12)17-10-14-8-7-13(9-16)20-14/h2-8,15,17H,10-11H2,1H3/t15-/m1/s1. The molecule has 0 aliphatic rings. The van der Waals surface area contributed by atoms with Crippen molar-refractivity contribution in [1.29, 1.82) is 5.26 Å². The molecule has 1 aromatic heterocycles. The van der Waals surface area contributed by atoms with Crippen LogP contribution in [0.15, 0.2) is 46.9 Å². The monoisotopic (exact) mass is 304 g/mol. The van der Waals surface area contributed by atoms with Crippen molar-refractivity contribution in [3.8, 4) is 6.07 Å². The predicted molar refractivity (Wildman–Crippen MR) is 79.2 cm³/mol. The Morgan fingerprint density at radius 2 is 1.95 bits per heavy atom. The van der Waals surface area contributed by atoms with Crippen molar-refractivity contribution in [2.24, 2.45) is 0 Å². The summed E-state index contributed by atoms with van der Waals surface area (Å²) in [6, 6.07) is 14.3. The summed E-state index contributed by atoms with van der Waals surface area (Å²) in [5.74, 6) is 0.843. The summed E-state index contributed by atoms with van der Waals surface area (Å²) < 4.78 is 28.4. The first-order chi connectivity index (χ1) is 9.98. The van der Waals surface area contributed by atoms with Gasteiger partial charge in [0.2, 0.25) is 5.76 Å². The van der Waals surface area contributed by atoms with Crippen molar-refractivity contribution in [2.45, 2.75) is 12.6 Å². The number of benzene rings is 1. The molecule has 0 fully saturated rings. The topological polar surface area (TPSA) is 83.1 Å². The first-order valence-corrected chi connectivity index (χ1v) is 8.49. The van der Waals surface area contributed by atoms with E-state index in [0.717, 1.165) is 5.56 Å². The Morgan fingerprint density at radius 1 is 1.24 bits per heavy atom. The van der Waals surface area contributed by atoms with Gasteiger partial charge in [0.05, 0.1) is 12.3 Å². The lowest BCUT2D eigenvalue weighted by Gasteiger charge is -2.17. The molecule has 0 unspecified atom stereocenters. The van der Waals surface area contributed by atoms with Crippen LogP contribution in [0.1, 0.15) is 23.1 Å². The van der Waals surface area contributed by atoms with E-state index < -0.39 is 9.84 Å². The summed E-state index contributed by atoms with van der Waals surface area (Å²) in [5, 5.41) is 11.9. The van der Waals surface area contributed by atoms with E-state index in [1.54, 1.807) is 12.1 Å². The number of hydrogen-bond acceptors (Lipinski definition) is 5. The number of nitrogens with zero attached hydrogens (tertiary/aromatic N) is 1. The van der Waals surface area contributed by atoms with Crippen molar-refractivity contribution in [3.63, 3.8) is 0 Å². The lowest BCUT2D eigenvalue weighted by atomic mass is 10.1. The summed E-state index contributed by atoms with van der Waals surface area (Å²) >= 11 is 0. The van der Waals surface area contributed by atoms with Gasteiger partial charge in [0, 0.05) is 12.3 Å². The van der Waals surface area contributed by atoms with Crippen LogP contribution in [0, 0.1) is 11.3 Å². The third-order valence-corrected chi connectivity index (χ3v) is 3.90. The van der Waals surface area contributed by atoms with E-state index in [1.807, 2.05) is 36.4 Å². The number of nitrogens with one attached hydrogen (secondary N) is 1. The fourth-order valence-corrected chi connectivity index (χ4v) is 2.93. The van der Waals surface area contributed by atoms with E-state index in [0.29, 0.717) is 12.3 Å². The molecule has 1 aromatic carbocycles. The van der Waals surface area contributed by atoms with E-state index in [1.165, 1.54) is 6.26 Å². The summed E-state index contributed by atoms with van der Waals surface area (Å²) in [5.41, 5.74) is 0.898. The number of rotatable bonds is 6. The second-order valence-electron chi connectivity index (χ2n) is 4.81. The van der Waals surface area contributed by atoms with Gasteiger partial charge < -0.3 is 9.73 Å². The van der Waals surface area contributed by atoms with Crippen molar-refractivity contribution in [3.05, 3.63) is 59.5 Å². The largest absolute Gasteiger partial charge is 0.449 e. The highest BCUT2D eigenvalue weighted by Gasteiger charge is 2.17. The quantitative estimate of drug-likeness (QED) is 0.883. The van der Waals surface area contributed by atoms with Crippen LogP contribution in [0.2, 0.25) is 0 Å². The number of furan rings is 1. The Hall–Kier alpha value is -2.10. The van der Waals surface area contributed by atoms with E-state index in [4.69, 9.17) is 9.68 Å². The lowest BCUT2D eigenvalue weighted by Crippen LogP contribution is -2.27. The highest BCUT2D eigenvalue weighted by molar-refractivity contribution is 7.90. The Morgan fingerprint density at radius 3 is 2.52 bits per heavy atom. The van der Waals surface area contributed by atoms with Gasteiger partial charge in [0.25, 0.3) is 0 Å². The van der Waals surface area contributed by atoms with Crippen LogP contribution in [-0.2, 0) is 16.4 Å². The molecule has 0 bridgehead atoms. The molecular formula is C15H16N2O3S. The molecule has 0 aliphatic carbocycles. The molecule has 1 N–H and O–H groups in total. The van der Waals surface area contributed by atoms with Gasteiger partial charge in [-0.25, -0.2) is 8.42 Å². The average Bonchev–Trinajstić information content (AvgIpc) is 2.91. The molecule has 0 amide bonds. The minimum atomic E-state index is -3.12. The Labute approximate surface area is 124 Å². The summed E-state index contributed by atoms with van der Waals surface area (Å²) in [7, 11) is -3.12. The molecule has 0 saturated carbocycles. The number of nitriles is 1. The average molecular weight is 304 g/mol. The minimum Gasteiger partial charge on any atom is -0.449 e. The number of sulfone groups is 1. The Kier molecular flexibility index (Phi) is 4.78. The summed E-state index contributed by atoms with van der Waals surface area (Å²) in [6.07, 6.45) is 1.21. The highest BCUT2D eigenvalue weighted by atomic mass is 32.2. The van der Waals surface area contributed by atoms with Crippen molar-refractivity contribution in [2.75, 3.05) is 12.0 Å². The third kappa shape index (κ3) is 4.74. The van der Waals surface area contributed by atoms with Crippen LogP contribution in [0.3, 0.4) is 0 Å². The zero-order chi connectivity index (χ0) is 15.3. The normalized spacial score (nSPS) is 12.8. The van der Waals surface area contributed by atoms with Gasteiger partial charge in [0.1, 0.15) is 21.7 Å². The second-order valence-corrected chi connectivity index (χ2v) is 7.00. The van der Waals surface area contributed by atoms with Gasteiger partial charge in [0.15, 0.2) is 0 Å². The molecule has 0 spiro atoms. The fourth-order valence-electron chi connectivity index (χ4n) is 2.02. The van der Waals surface area contributed by atoms with Gasteiger partial charge in [-0.15, -0.1) is 0 Å². The van der Waals surface area contributed by atoms with Gasteiger partial charge in [-0.3, -0.25) is 0 Å². The third-order valence-electron chi connectivity index (χ3n) is 2.97. The molecule has 0 aliphatic heterocycles. The van der Waals surface area contributed by atoms with Crippen LogP contribution in [0.4, 0.5) is 0 Å². The number of hydrogen-bond donors (Lipinski definition) is 1. The zero-order valence-electron chi connectivity index (χ0n) is 11.6. The summed E-state index contributed by atoms with van der Waals surface area (Å²) in [6.45, 7) is 0.358. The van der Waals surface area contributed by atoms with E-state index in [-0.39, 0.29) is 17.6 Å².